The molecule has 0 heterocycles. The lowest BCUT2D eigenvalue weighted by molar-refractivity contribution is -0.870. The Bertz CT molecular complexity index is 1370. The van der Waals surface area contributed by atoms with Gasteiger partial charge in [-0.15, -0.1) is 0 Å². The molecule has 0 saturated heterocycles. The molecule has 0 bridgehead atoms. The number of likely N-dealkylation sites (N-methyl/N-ethyl adjacent to an activating group) is 1. The SMILES string of the molecule is CC/C=C\C/C=C\C/C=C\C/C=C\CCCCCCCCCCCCCCC(=O)NC(COP(=O)([O-])OCC[N+](C)(C)C)C(O)/C=C/CCCCCCCCCCCCCCCCCCCCCCCCCC. The molecule has 0 aliphatic heterocycles. The number of carbonyl (C=O) groups is 1. The number of nitrogens with one attached hydrogen (secondary N) is 1. The molecular weight excluding hydrogens is 924 g/mol. The number of carbonyl (C=O) groups excluding carboxylic acids is 1. The summed E-state index contributed by atoms with van der Waals surface area (Å²) >= 11 is 0. The predicted molar refractivity (Wildman–Crippen MR) is 316 cm³/mol. The van der Waals surface area contributed by atoms with Crippen molar-refractivity contribution in [1.82, 2.24) is 5.32 Å². The van der Waals surface area contributed by atoms with Gasteiger partial charge in [-0.2, -0.15) is 0 Å². The normalized spacial score (nSPS) is 14.2. The van der Waals surface area contributed by atoms with Gasteiger partial charge < -0.3 is 28.8 Å². The summed E-state index contributed by atoms with van der Waals surface area (Å²) in [6.45, 7) is 4.57. The van der Waals surface area contributed by atoms with Gasteiger partial charge in [0.15, 0.2) is 0 Å². The number of unbranched alkanes of at least 4 members (excludes halogenated alkanes) is 36. The van der Waals surface area contributed by atoms with Gasteiger partial charge in [0.25, 0.3) is 7.82 Å². The van der Waals surface area contributed by atoms with Crippen molar-refractivity contribution in [2.45, 2.75) is 302 Å². The number of quaternary nitrogens is 1. The minimum atomic E-state index is -4.60. The third-order valence-electron chi connectivity index (χ3n) is 14.0. The summed E-state index contributed by atoms with van der Waals surface area (Å²) in [5.41, 5.74) is 0. The van der Waals surface area contributed by atoms with Crippen molar-refractivity contribution >= 4 is 13.7 Å². The first-order chi connectivity index (χ1) is 35.5. The van der Waals surface area contributed by atoms with Crippen LogP contribution >= 0.6 is 7.82 Å². The summed E-state index contributed by atoms with van der Waals surface area (Å²) in [5.74, 6) is -0.198. The summed E-state index contributed by atoms with van der Waals surface area (Å²) in [7, 11) is 1.26. The van der Waals surface area contributed by atoms with Crippen molar-refractivity contribution in [2.24, 2.45) is 0 Å². The van der Waals surface area contributed by atoms with Crippen LogP contribution in [0.4, 0.5) is 0 Å². The molecule has 0 aromatic carbocycles. The summed E-state index contributed by atoms with van der Waals surface area (Å²) in [6.07, 6.45) is 74.5. The Morgan fingerprint density at radius 3 is 1.22 bits per heavy atom. The zero-order valence-corrected chi connectivity index (χ0v) is 49.7. The minimum absolute atomic E-state index is 0.00242. The van der Waals surface area contributed by atoms with Gasteiger partial charge in [0.2, 0.25) is 5.91 Å². The zero-order chi connectivity index (χ0) is 53.5. The fraction of sp³-hybridized carbons (Fsp3) is 0.828. The van der Waals surface area contributed by atoms with Crippen molar-refractivity contribution in [1.29, 1.82) is 0 Å². The van der Waals surface area contributed by atoms with Crippen LogP contribution < -0.4 is 10.2 Å². The molecule has 3 atom stereocenters. The Hall–Kier alpha value is -1.80. The molecule has 0 aliphatic rings. The van der Waals surface area contributed by atoms with Crippen molar-refractivity contribution < 1.29 is 32.9 Å². The van der Waals surface area contributed by atoms with Gasteiger partial charge in [-0.05, 0) is 57.8 Å². The highest BCUT2D eigenvalue weighted by Gasteiger charge is 2.23. The molecule has 2 N–H and O–H groups in total. The number of rotatable bonds is 57. The Morgan fingerprint density at radius 2 is 0.836 bits per heavy atom. The Labute approximate surface area is 453 Å². The second-order valence-electron chi connectivity index (χ2n) is 22.4. The molecule has 0 aliphatic carbocycles. The summed E-state index contributed by atoms with van der Waals surface area (Å²) in [4.78, 5) is 25.6. The van der Waals surface area contributed by atoms with Crippen LogP contribution in [-0.4, -0.2) is 68.5 Å². The van der Waals surface area contributed by atoms with Crippen molar-refractivity contribution in [3.63, 3.8) is 0 Å². The van der Waals surface area contributed by atoms with Crippen LogP contribution in [-0.2, 0) is 18.4 Å². The first-order valence-electron chi connectivity index (χ1n) is 31.2. The van der Waals surface area contributed by atoms with E-state index in [1.165, 1.54) is 205 Å². The molecule has 428 valence electrons. The van der Waals surface area contributed by atoms with Crippen LogP contribution in [0.15, 0.2) is 60.8 Å². The largest absolute Gasteiger partial charge is 0.756 e. The second kappa shape index (κ2) is 55.0. The number of amides is 1. The van der Waals surface area contributed by atoms with E-state index in [-0.39, 0.29) is 19.1 Å². The van der Waals surface area contributed by atoms with E-state index in [1.54, 1.807) is 6.08 Å². The molecule has 73 heavy (non-hydrogen) atoms. The quantitative estimate of drug-likeness (QED) is 0.0272. The van der Waals surface area contributed by atoms with Crippen LogP contribution in [0.1, 0.15) is 290 Å². The number of hydrogen-bond acceptors (Lipinski definition) is 6. The molecule has 3 unspecified atom stereocenters. The molecule has 0 rings (SSSR count). The number of aliphatic hydroxyl groups excluding tert-OH is 1. The molecule has 0 radical (unpaired) electrons. The van der Waals surface area contributed by atoms with Crippen LogP contribution in [0.3, 0.4) is 0 Å². The van der Waals surface area contributed by atoms with E-state index in [0.717, 1.165) is 64.2 Å². The lowest BCUT2D eigenvalue weighted by Gasteiger charge is -2.29. The number of phosphoric ester groups is 1. The minimum Gasteiger partial charge on any atom is -0.756 e. The molecule has 8 nitrogen and oxygen atoms in total. The van der Waals surface area contributed by atoms with Crippen LogP contribution in [0.25, 0.3) is 0 Å². The number of allylic oxidation sites excluding steroid dienone is 9. The summed E-state index contributed by atoms with van der Waals surface area (Å²) in [6, 6.07) is -0.891. The van der Waals surface area contributed by atoms with Gasteiger partial charge in [0.1, 0.15) is 13.2 Å². The number of aliphatic hydroxyl groups is 1. The fourth-order valence-electron chi connectivity index (χ4n) is 9.15. The van der Waals surface area contributed by atoms with Gasteiger partial charge in [0.05, 0.1) is 39.9 Å². The topological polar surface area (TPSA) is 108 Å². The molecule has 1 amide bonds. The van der Waals surface area contributed by atoms with E-state index in [1.807, 2.05) is 27.2 Å². The molecule has 9 heteroatoms. The Morgan fingerprint density at radius 1 is 0.493 bits per heavy atom. The molecule has 0 spiro atoms. The first-order valence-corrected chi connectivity index (χ1v) is 32.6. The molecule has 0 aromatic rings. The predicted octanol–water partition coefficient (Wildman–Crippen LogP) is 18.6. The van der Waals surface area contributed by atoms with E-state index in [2.05, 4.69) is 67.8 Å². The lowest BCUT2D eigenvalue weighted by Crippen LogP contribution is -2.45. The maximum absolute atomic E-state index is 13.0. The number of nitrogens with zero attached hydrogens (tertiary/aromatic N) is 1. The average Bonchev–Trinajstić information content (AvgIpc) is 3.35. The smallest absolute Gasteiger partial charge is 0.268 e. The lowest BCUT2D eigenvalue weighted by atomic mass is 10.0. The van der Waals surface area contributed by atoms with E-state index < -0.39 is 20.0 Å². The van der Waals surface area contributed by atoms with Gasteiger partial charge in [-0.1, -0.05) is 286 Å². The number of hydrogen-bond donors (Lipinski definition) is 2. The van der Waals surface area contributed by atoms with Gasteiger partial charge in [0, 0.05) is 6.42 Å². The Kier molecular flexibility index (Phi) is 53.6. The van der Waals surface area contributed by atoms with Crippen molar-refractivity contribution in [2.75, 3.05) is 40.9 Å². The monoisotopic (exact) mass is 1040 g/mol. The zero-order valence-electron chi connectivity index (χ0n) is 48.8. The van der Waals surface area contributed by atoms with Crippen molar-refractivity contribution in [3.8, 4) is 0 Å². The molecule has 0 fully saturated rings. The van der Waals surface area contributed by atoms with E-state index in [0.29, 0.717) is 17.4 Å². The van der Waals surface area contributed by atoms with Crippen LogP contribution in [0.2, 0.25) is 0 Å². The number of phosphoric acid groups is 1. The van der Waals surface area contributed by atoms with Gasteiger partial charge in [-0.25, -0.2) is 0 Å². The first kappa shape index (κ1) is 71.2. The maximum Gasteiger partial charge on any atom is 0.268 e. The molecule has 0 saturated carbocycles. The van der Waals surface area contributed by atoms with E-state index >= 15 is 0 Å². The average molecular weight is 1050 g/mol. The molecular formula is C64H121N2O6P. The Balaban J connectivity index is 4.16. The highest BCUT2D eigenvalue weighted by atomic mass is 31.2. The highest BCUT2D eigenvalue weighted by molar-refractivity contribution is 7.45. The van der Waals surface area contributed by atoms with Gasteiger partial charge in [-0.3, -0.25) is 9.36 Å². The summed E-state index contributed by atoms with van der Waals surface area (Å²) < 4.78 is 23.4. The standard InChI is InChI=1S/C64H121N2O6P/c1-6-8-10-12-14-16-18-20-22-24-26-28-30-32-34-35-37-39-41-43-45-47-49-51-53-55-57-63(67)62(61-72-73(69,70)71-60-59-66(3,4)5)65-64(68)58-56-54-52-50-48-46-44-42-40-38-36-33-31-29-27-25-23-21-19-17-15-13-11-9-7-2/h9,11,15,17,21,23,27,29,55,57,62-63,67H,6-8,10,12-14,16,18-20,22,24-26,28,30-54,56,58-61H2,1-5H3,(H-,65,68,69,70)/b11-9-,17-15-,23-21-,29-27-,57-55+. The second-order valence-corrected chi connectivity index (χ2v) is 23.8. The highest BCUT2D eigenvalue weighted by Crippen LogP contribution is 2.38. The third kappa shape index (κ3) is 57.7. The van der Waals surface area contributed by atoms with Crippen LogP contribution in [0, 0.1) is 0 Å². The van der Waals surface area contributed by atoms with Crippen LogP contribution in [0.5, 0.6) is 0 Å². The summed E-state index contributed by atoms with van der Waals surface area (Å²) in [5, 5.41) is 13.9. The fourth-order valence-corrected chi connectivity index (χ4v) is 9.87. The van der Waals surface area contributed by atoms with E-state index in [9.17, 15) is 19.4 Å². The van der Waals surface area contributed by atoms with E-state index in [4.69, 9.17) is 9.05 Å². The van der Waals surface area contributed by atoms with Crippen molar-refractivity contribution in [3.05, 3.63) is 60.8 Å². The third-order valence-corrected chi connectivity index (χ3v) is 14.9. The molecule has 0 aromatic heterocycles. The van der Waals surface area contributed by atoms with Gasteiger partial charge >= 0.3 is 0 Å². The maximum atomic E-state index is 13.0.